The highest BCUT2D eigenvalue weighted by Crippen LogP contribution is 2.26. The van der Waals surface area contributed by atoms with E-state index >= 15 is 0 Å². The van der Waals surface area contributed by atoms with Gasteiger partial charge in [0.25, 0.3) is 5.91 Å². The molecule has 0 saturated carbocycles. The average molecular weight is 280 g/mol. The molecule has 2 rings (SSSR count). The summed E-state index contributed by atoms with van der Waals surface area (Å²) >= 11 is 1.13. The second-order valence-corrected chi connectivity index (χ2v) is 6.05. The van der Waals surface area contributed by atoms with Gasteiger partial charge in [-0.1, -0.05) is 25.3 Å². The molecule has 0 saturated heterocycles. The van der Waals surface area contributed by atoms with Crippen LogP contribution in [-0.4, -0.2) is 42.6 Å². The minimum Gasteiger partial charge on any atom is -0.333 e. The van der Waals surface area contributed by atoms with E-state index in [0.717, 1.165) is 17.2 Å². The van der Waals surface area contributed by atoms with Crippen LogP contribution in [-0.2, 0) is 12.0 Å². The van der Waals surface area contributed by atoms with Gasteiger partial charge in [-0.25, -0.2) is 4.98 Å². The van der Waals surface area contributed by atoms with Gasteiger partial charge in [0.2, 0.25) is 0 Å². The molecule has 7 nitrogen and oxygen atoms in total. The predicted molar refractivity (Wildman–Crippen MR) is 70.8 cm³/mol. The topological polar surface area (TPSA) is 87.7 Å². The molecular weight excluding hydrogens is 264 g/mol. The summed E-state index contributed by atoms with van der Waals surface area (Å²) in [6.07, 6.45) is 1.42. The molecule has 0 aromatic carbocycles. The largest absolute Gasteiger partial charge is 0.333 e. The third-order valence-corrected chi connectivity index (χ3v) is 3.31. The molecule has 19 heavy (non-hydrogen) atoms. The molecule has 0 aliphatic rings. The van der Waals surface area contributed by atoms with Crippen LogP contribution in [0.25, 0.3) is 0 Å². The number of H-pyrrole nitrogens is 1. The smallest absolute Gasteiger partial charge is 0.267 e. The number of nitrogens with one attached hydrogen (secondary N) is 1. The molecule has 0 spiro atoms. The summed E-state index contributed by atoms with van der Waals surface area (Å²) in [5.74, 6) is 0.543. The van der Waals surface area contributed by atoms with E-state index in [1.165, 1.54) is 6.33 Å². The average Bonchev–Trinajstić information content (AvgIpc) is 2.96. The SMILES string of the molecule is CN(Cc1ncn[nH]1)C(=O)c1snnc1C(C)(C)C. The minimum atomic E-state index is -0.203. The molecular formula is C11H16N6OS. The van der Waals surface area contributed by atoms with Crippen LogP contribution in [0.3, 0.4) is 0 Å². The molecule has 0 radical (unpaired) electrons. The van der Waals surface area contributed by atoms with Gasteiger partial charge >= 0.3 is 0 Å². The third kappa shape index (κ3) is 2.95. The maximum atomic E-state index is 12.4. The van der Waals surface area contributed by atoms with Crippen molar-refractivity contribution in [3.8, 4) is 0 Å². The zero-order chi connectivity index (χ0) is 14.0. The molecule has 2 aromatic heterocycles. The summed E-state index contributed by atoms with van der Waals surface area (Å²) in [7, 11) is 1.72. The van der Waals surface area contributed by atoms with Crippen LogP contribution in [0.15, 0.2) is 6.33 Å². The van der Waals surface area contributed by atoms with Crippen LogP contribution in [0.2, 0.25) is 0 Å². The van der Waals surface area contributed by atoms with Crippen LogP contribution in [0, 0.1) is 0 Å². The lowest BCUT2D eigenvalue weighted by atomic mass is 9.91. The van der Waals surface area contributed by atoms with Gasteiger partial charge in [-0.2, -0.15) is 5.10 Å². The molecule has 1 amide bonds. The Bertz CT molecular complexity index is 556. The van der Waals surface area contributed by atoms with Crippen LogP contribution >= 0.6 is 11.5 Å². The minimum absolute atomic E-state index is 0.101. The molecule has 1 N–H and O–H groups in total. The third-order valence-electron chi connectivity index (χ3n) is 2.59. The molecule has 0 aliphatic carbocycles. The molecule has 0 bridgehead atoms. The number of amides is 1. The summed E-state index contributed by atoms with van der Waals surface area (Å²) < 4.78 is 3.90. The van der Waals surface area contributed by atoms with Crippen molar-refractivity contribution in [1.82, 2.24) is 29.7 Å². The molecule has 2 aromatic rings. The van der Waals surface area contributed by atoms with Crippen molar-refractivity contribution < 1.29 is 4.79 Å². The van der Waals surface area contributed by atoms with Crippen molar-refractivity contribution >= 4 is 17.4 Å². The van der Waals surface area contributed by atoms with Crippen molar-refractivity contribution in [3.05, 3.63) is 22.7 Å². The van der Waals surface area contributed by atoms with E-state index in [-0.39, 0.29) is 11.3 Å². The van der Waals surface area contributed by atoms with Crippen LogP contribution in [0.1, 0.15) is 42.0 Å². The number of hydrogen-bond donors (Lipinski definition) is 1. The lowest BCUT2D eigenvalue weighted by Gasteiger charge is -2.19. The lowest BCUT2D eigenvalue weighted by molar-refractivity contribution is 0.0784. The van der Waals surface area contributed by atoms with Gasteiger partial charge < -0.3 is 4.90 Å². The van der Waals surface area contributed by atoms with E-state index in [4.69, 9.17) is 0 Å². The predicted octanol–water partition coefficient (Wildman–Crippen LogP) is 1.23. The Kier molecular flexibility index (Phi) is 3.61. The first-order valence-corrected chi connectivity index (χ1v) is 6.59. The fourth-order valence-electron chi connectivity index (χ4n) is 1.60. The van der Waals surface area contributed by atoms with E-state index in [1.807, 2.05) is 20.8 Å². The Hall–Kier alpha value is -1.83. The summed E-state index contributed by atoms with van der Waals surface area (Å²) in [5.41, 5.74) is 0.525. The van der Waals surface area contributed by atoms with Crippen molar-refractivity contribution in [3.63, 3.8) is 0 Å². The first-order valence-electron chi connectivity index (χ1n) is 5.82. The molecule has 0 aliphatic heterocycles. The normalized spacial score (nSPS) is 11.6. The highest BCUT2D eigenvalue weighted by atomic mass is 32.1. The second-order valence-electron chi connectivity index (χ2n) is 5.29. The van der Waals surface area contributed by atoms with Crippen molar-refractivity contribution in [2.75, 3.05) is 7.05 Å². The van der Waals surface area contributed by atoms with Gasteiger partial charge in [-0.05, 0) is 11.5 Å². The maximum Gasteiger partial charge on any atom is 0.267 e. The monoisotopic (exact) mass is 280 g/mol. The van der Waals surface area contributed by atoms with E-state index in [2.05, 4.69) is 24.8 Å². The second kappa shape index (κ2) is 5.04. The fraction of sp³-hybridized carbons (Fsp3) is 0.545. The van der Waals surface area contributed by atoms with Gasteiger partial charge in [-0.3, -0.25) is 9.89 Å². The van der Waals surface area contributed by atoms with Gasteiger partial charge in [0.1, 0.15) is 17.0 Å². The standard InChI is InChI=1S/C11H16N6OS/c1-11(2,3)9-8(19-16-15-9)10(18)17(4)5-7-12-6-13-14-7/h6H,5H2,1-4H3,(H,12,13,14). The molecule has 0 atom stereocenters. The number of aromatic amines is 1. The number of nitrogens with zero attached hydrogens (tertiary/aromatic N) is 5. The first kappa shape index (κ1) is 13.6. The number of aromatic nitrogens is 5. The van der Waals surface area contributed by atoms with E-state index in [9.17, 15) is 4.79 Å². The number of carbonyl (C=O) groups is 1. The Balaban J connectivity index is 2.18. The molecule has 0 fully saturated rings. The zero-order valence-corrected chi connectivity index (χ0v) is 12.2. The Morgan fingerprint density at radius 2 is 2.21 bits per heavy atom. The van der Waals surface area contributed by atoms with Crippen molar-refractivity contribution in [2.45, 2.75) is 32.7 Å². The van der Waals surface area contributed by atoms with Gasteiger partial charge in [0.15, 0.2) is 0 Å². The van der Waals surface area contributed by atoms with Crippen LogP contribution < -0.4 is 0 Å². The fourth-order valence-corrected chi connectivity index (χ4v) is 2.47. The summed E-state index contributed by atoms with van der Waals surface area (Å²) in [4.78, 5) is 18.5. The number of rotatable bonds is 3. The van der Waals surface area contributed by atoms with E-state index < -0.39 is 0 Å². The van der Waals surface area contributed by atoms with E-state index in [0.29, 0.717) is 17.2 Å². The summed E-state index contributed by atoms with van der Waals surface area (Å²) in [5, 5.41) is 10.6. The van der Waals surface area contributed by atoms with Crippen LogP contribution in [0.4, 0.5) is 0 Å². The lowest BCUT2D eigenvalue weighted by Crippen LogP contribution is -2.28. The zero-order valence-electron chi connectivity index (χ0n) is 11.3. The molecule has 102 valence electrons. The van der Waals surface area contributed by atoms with Crippen molar-refractivity contribution in [1.29, 1.82) is 0 Å². The quantitative estimate of drug-likeness (QED) is 0.913. The molecule has 2 heterocycles. The van der Waals surface area contributed by atoms with Crippen molar-refractivity contribution in [2.24, 2.45) is 0 Å². The Labute approximate surface area is 115 Å². The van der Waals surface area contributed by atoms with Gasteiger partial charge in [0.05, 0.1) is 12.2 Å². The molecule has 0 unspecified atom stereocenters. The first-order chi connectivity index (χ1) is 8.89. The Morgan fingerprint density at radius 3 is 2.79 bits per heavy atom. The highest BCUT2D eigenvalue weighted by Gasteiger charge is 2.28. The van der Waals surface area contributed by atoms with Gasteiger partial charge in [-0.15, -0.1) is 5.10 Å². The summed E-state index contributed by atoms with van der Waals surface area (Å²) in [6, 6.07) is 0. The molecule has 8 heteroatoms. The maximum absolute atomic E-state index is 12.4. The Morgan fingerprint density at radius 1 is 1.47 bits per heavy atom. The highest BCUT2D eigenvalue weighted by molar-refractivity contribution is 7.08. The van der Waals surface area contributed by atoms with Gasteiger partial charge in [0, 0.05) is 12.5 Å². The number of hydrogen-bond acceptors (Lipinski definition) is 6. The van der Waals surface area contributed by atoms with E-state index in [1.54, 1.807) is 11.9 Å². The summed E-state index contributed by atoms with van der Waals surface area (Å²) in [6.45, 7) is 6.41. The van der Waals surface area contributed by atoms with Crippen LogP contribution in [0.5, 0.6) is 0 Å². The number of carbonyl (C=O) groups excluding carboxylic acids is 1.